The van der Waals surface area contributed by atoms with E-state index in [4.69, 9.17) is 0 Å². The smallest absolute Gasteiger partial charge is 0.325 e. The second-order valence-corrected chi connectivity index (χ2v) is 7.86. The Morgan fingerprint density at radius 2 is 1.89 bits per heavy atom. The molecule has 4 amide bonds. The molecule has 150 valence electrons. The molecule has 2 aliphatic heterocycles. The maximum Gasteiger partial charge on any atom is 0.325 e. The van der Waals surface area contributed by atoms with Gasteiger partial charge in [0.2, 0.25) is 11.9 Å². The summed E-state index contributed by atoms with van der Waals surface area (Å²) < 4.78 is 0. The van der Waals surface area contributed by atoms with E-state index < -0.39 is 11.6 Å². The number of aromatic nitrogens is 2. The Morgan fingerprint density at radius 1 is 1.18 bits per heavy atom. The first-order valence-electron chi connectivity index (χ1n) is 9.95. The van der Waals surface area contributed by atoms with E-state index in [1.165, 1.54) is 0 Å². The lowest BCUT2D eigenvalue weighted by Gasteiger charge is -2.37. The molecule has 2 saturated heterocycles. The molecule has 3 heterocycles. The maximum absolute atomic E-state index is 13.0. The molecule has 3 aliphatic rings. The molecule has 3 fully saturated rings. The van der Waals surface area contributed by atoms with Crippen molar-refractivity contribution in [2.24, 2.45) is 5.92 Å². The second kappa shape index (κ2) is 7.37. The zero-order chi connectivity index (χ0) is 19.7. The number of anilines is 1. The Labute approximate surface area is 164 Å². The van der Waals surface area contributed by atoms with Gasteiger partial charge in [-0.05, 0) is 24.8 Å². The second-order valence-electron chi connectivity index (χ2n) is 7.86. The van der Waals surface area contributed by atoms with Crippen molar-refractivity contribution in [3.63, 3.8) is 0 Å². The van der Waals surface area contributed by atoms with Gasteiger partial charge in [-0.3, -0.25) is 14.5 Å². The summed E-state index contributed by atoms with van der Waals surface area (Å²) >= 11 is 0. The normalized spacial score (nSPS) is 28.0. The first-order chi connectivity index (χ1) is 13.5. The van der Waals surface area contributed by atoms with Gasteiger partial charge in [-0.15, -0.1) is 0 Å². The molecule has 1 spiro atoms. The van der Waals surface area contributed by atoms with E-state index in [1.807, 2.05) is 11.8 Å². The summed E-state index contributed by atoms with van der Waals surface area (Å²) in [6, 6.07) is 1.32. The average molecular weight is 386 g/mol. The standard InChI is InChI=1S/C19H26N6O3/c1-14-5-2-3-6-19(14)16(27)25(18(28)22-19)13-15(26)23-9-11-24(12-10-23)17-20-7-4-8-21-17/h4,7-8,14H,2-3,5-6,9-13H2,1H3,(H,22,28)/t14-,19-/m0/s1. The number of carbonyl (C=O) groups is 3. The van der Waals surface area contributed by atoms with Crippen LogP contribution >= 0.6 is 0 Å². The number of amides is 4. The number of hydrogen-bond donors (Lipinski definition) is 1. The third-order valence-electron chi connectivity index (χ3n) is 6.26. The molecule has 4 rings (SSSR count). The summed E-state index contributed by atoms with van der Waals surface area (Å²) in [5.41, 5.74) is -0.820. The van der Waals surface area contributed by atoms with Gasteiger partial charge in [-0.25, -0.2) is 14.8 Å². The SMILES string of the molecule is C[C@H]1CCCC[C@]12NC(=O)N(CC(=O)N1CCN(c3ncccn3)CC1)C2=O. The van der Waals surface area contributed by atoms with Crippen molar-refractivity contribution >= 4 is 23.8 Å². The minimum absolute atomic E-state index is 0.0900. The molecule has 1 saturated carbocycles. The number of urea groups is 1. The lowest BCUT2D eigenvalue weighted by Crippen LogP contribution is -2.55. The Kier molecular flexibility index (Phi) is 4.91. The minimum Gasteiger partial charge on any atom is -0.338 e. The van der Waals surface area contributed by atoms with Crippen LogP contribution in [0.4, 0.5) is 10.7 Å². The zero-order valence-electron chi connectivity index (χ0n) is 16.1. The summed E-state index contributed by atoms with van der Waals surface area (Å²) in [5.74, 6) is 0.302. The van der Waals surface area contributed by atoms with Crippen molar-refractivity contribution in [2.75, 3.05) is 37.6 Å². The van der Waals surface area contributed by atoms with Crippen LogP contribution < -0.4 is 10.2 Å². The fourth-order valence-corrected chi connectivity index (χ4v) is 4.48. The van der Waals surface area contributed by atoms with Crippen molar-refractivity contribution in [1.82, 2.24) is 25.1 Å². The maximum atomic E-state index is 13.0. The molecule has 1 aromatic heterocycles. The van der Waals surface area contributed by atoms with E-state index in [0.717, 1.165) is 24.2 Å². The van der Waals surface area contributed by atoms with Crippen LogP contribution in [0, 0.1) is 5.92 Å². The van der Waals surface area contributed by atoms with Crippen molar-refractivity contribution in [3.05, 3.63) is 18.5 Å². The van der Waals surface area contributed by atoms with E-state index in [9.17, 15) is 14.4 Å². The van der Waals surface area contributed by atoms with Crippen LogP contribution in [0.3, 0.4) is 0 Å². The monoisotopic (exact) mass is 386 g/mol. The van der Waals surface area contributed by atoms with E-state index in [0.29, 0.717) is 38.5 Å². The topological polar surface area (TPSA) is 98.7 Å². The van der Waals surface area contributed by atoms with Crippen LogP contribution in [0.25, 0.3) is 0 Å². The lowest BCUT2D eigenvalue weighted by molar-refractivity contribution is -0.140. The first-order valence-corrected chi connectivity index (χ1v) is 9.95. The van der Waals surface area contributed by atoms with Crippen LogP contribution in [0.2, 0.25) is 0 Å². The van der Waals surface area contributed by atoms with Crippen molar-refractivity contribution in [1.29, 1.82) is 0 Å². The van der Waals surface area contributed by atoms with E-state index >= 15 is 0 Å². The van der Waals surface area contributed by atoms with Crippen LogP contribution in [0.5, 0.6) is 0 Å². The summed E-state index contributed by atoms with van der Waals surface area (Å²) in [5, 5.41) is 2.90. The van der Waals surface area contributed by atoms with Crippen molar-refractivity contribution in [2.45, 2.75) is 38.1 Å². The van der Waals surface area contributed by atoms with Crippen LogP contribution in [-0.2, 0) is 9.59 Å². The molecule has 2 atom stereocenters. The number of nitrogens with zero attached hydrogens (tertiary/aromatic N) is 5. The predicted molar refractivity (Wildman–Crippen MR) is 101 cm³/mol. The van der Waals surface area contributed by atoms with Gasteiger partial charge >= 0.3 is 6.03 Å². The largest absolute Gasteiger partial charge is 0.338 e. The molecule has 0 bridgehead atoms. The van der Waals surface area contributed by atoms with Crippen molar-refractivity contribution in [3.8, 4) is 0 Å². The molecule has 9 nitrogen and oxygen atoms in total. The summed E-state index contributed by atoms with van der Waals surface area (Å²) in [6.07, 6.45) is 6.94. The average Bonchev–Trinajstić information content (AvgIpc) is 2.96. The molecular formula is C19H26N6O3. The van der Waals surface area contributed by atoms with E-state index in [1.54, 1.807) is 23.4 Å². The van der Waals surface area contributed by atoms with Crippen LogP contribution in [0.1, 0.15) is 32.6 Å². The lowest BCUT2D eigenvalue weighted by atomic mass is 9.73. The molecular weight excluding hydrogens is 360 g/mol. The first kappa shape index (κ1) is 18.6. The van der Waals surface area contributed by atoms with Gasteiger partial charge < -0.3 is 15.1 Å². The Morgan fingerprint density at radius 3 is 2.57 bits per heavy atom. The Bertz CT molecular complexity index is 764. The van der Waals surface area contributed by atoms with Gasteiger partial charge in [0.25, 0.3) is 5.91 Å². The number of nitrogens with one attached hydrogen (secondary N) is 1. The highest BCUT2D eigenvalue weighted by Crippen LogP contribution is 2.38. The molecule has 1 aliphatic carbocycles. The molecule has 28 heavy (non-hydrogen) atoms. The zero-order valence-corrected chi connectivity index (χ0v) is 16.1. The third kappa shape index (κ3) is 3.18. The number of carbonyl (C=O) groups excluding carboxylic acids is 3. The van der Waals surface area contributed by atoms with Crippen LogP contribution in [-0.4, -0.2) is 75.9 Å². The summed E-state index contributed by atoms with van der Waals surface area (Å²) in [7, 11) is 0. The third-order valence-corrected chi connectivity index (χ3v) is 6.26. The molecule has 0 unspecified atom stereocenters. The highest BCUT2D eigenvalue weighted by Gasteiger charge is 2.55. The van der Waals surface area contributed by atoms with E-state index in [2.05, 4.69) is 15.3 Å². The quantitative estimate of drug-likeness (QED) is 0.765. The molecule has 1 N–H and O–H groups in total. The predicted octanol–water partition coefficient (Wildman–Crippen LogP) is 0.626. The fourth-order valence-electron chi connectivity index (χ4n) is 4.48. The molecule has 9 heteroatoms. The summed E-state index contributed by atoms with van der Waals surface area (Å²) in [6.45, 7) is 4.09. The highest BCUT2D eigenvalue weighted by atomic mass is 16.2. The van der Waals surface area contributed by atoms with Gasteiger partial charge in [-0.2, -0.15) is 0 Å². The minimum atomic E-state index is -0.820. The number of piperazine rings is 1. The highest BCUT2D eigenvalue weighted by molar-refractivity contribution is 6.09. The van der Waals surface area contributed by atoms with E-state index in [-0.39, 0.29) is 24.3 Å². The fraction of sp³-hybridized carbons (Fsp3) is 0.632. The number of hydrogen-bond acceptors (Lipinski definition) is 6. The van der Waals surface area contributed by atoms with Crippen LogP contribution in [0.15, 0.2) is 18.5 Å². The molecule has 1 aromatic rings. The number of rotatable bonds is 3. The molecule has 0 radical (unpaired) electrons. The Hall–Kier alpha value is -2.71. The van der Waals surface area contributed by atoms with Gasteiger partial charge in [0.05, 0.1) is 0 Å². The summed E-state index contributed by atoms with van der Waals surface area (Å²) in [4.78, 5) is 51.5. The number of imide groups is 1. The van der Waals surface area contributed by atoms with Gasteiger partial charge in [-0.1, -0.05) is 19.8 Å². The molecule has 0 aromatic carbocycles. The van der Waals surface area contributed by atoms with Gasteiger partial charge in [0.15, 0.2) is 0 Å². The van der Waals surface area contributed by atoms with Crippen molar-refractivity contribution < 1.29 is 14.4 Å². The van der Waals surface area contributed by atoms with Gasteiger partial charge in [0.1, 0.15) is 12.1 Å². The van der Waals surface area contributed by atoms with Gasteiger partial charge in [0, 0.05) is 38.6 Å². The Balaban J connectivity index is 1.36.